The molecule has 0 aliphatic carbocycles. The van der Waals surface area contributed by atoms with Crippen LogP contribution in [0.15, 0.2) is 83.8 Å². The van der Waals surface area contributed by atoms with Crippen molar-refractivity contribution in [2.75, 3.05) is 31.1 Å². The number of amides is 1. The van der Waals surface area contributed by atoms with Crippen LogP contribution in [0.2, 0.25) is 0 Å². The molecule has 202 valence electrons. The topological polar surface area (TPSA) is 69.7 Å². The van der Waals surface area contributed by atoms with Gasteiger partial charge in [-0.2, -0.15) is 13.2 Å². The molecule has 1 aliphatic heterocycles. The standard InChI is InChI=1S/C28H30F3N3O3S/c1-21(23-6-3-2-4-7-23)32-38(36,37)26-13-10-22(11-14-26)12-15-27(35)34-18-16-33(17-19-34)25-9-5-8-24(20-25)28(29,30)31/h2-11,13-14,20-21,32H,12,15-19H2,1H3/t21-/m1/s1. The van der Waals surface area contributed by atoms with E-state index in [0.29, 0.717) is 38.3 Å². The summed E-state index contributed by atoms with van der Waals surface area (Å²) in [4.78, 5) is 16.5. The van der Waals surface area contributed by atoms with Gasteiger partial charge in [0.2, 0.25) is 15.9 Å². The number of carbonyl (C=O) groups is 1. The lowest BCUT2D eigenvalue weighted by Crippen LogP contribution is -2.48. The molecule has 0 spiro atoms. The molecule has 1 heterocycles. The minimum absolute atomic E-state index is 0.0382. The maximum absolute atomic E-state index is 13.0. The average molecular weight is 546 g/mol. The van der Waals surface area contributed by atoms with E-state index in [1.165, 1.54) is 18.2 Å². The minimum Gasteiger partial charge on any atom is -0.368 e. The first kappa shape index (κ1) is 27.7. The molecule has 0 aromatic heterocycles. The third kappa shape index (κ3) is 6.93. The molecule has 38 heavy (non-hydrogen) atoms. The van der Waals surface area contributed by atoms with Crippen LogP contribution in [0.3, 0.4) is 0 Å². The van der Waals surface area contributed by atoms with Gasteiger partial charge in [-0.3, -0.25) is 4.79 Å². The molecule has 4 rings (SSSR count). The summed E-state index contributed by atoms with van der Waals surface area (Å²) in [6.07, 6.45) is -3.67. The van der Waals surface area contributed by atoms with Crippen LogP contribution in [0.1, 0.15) is 36.1 Å². The lowest BCUT2D eigenvalue weighted by molar-refractivity contribution is -0.137. The Morgan fingerprint density at radius 1 is 0.921 bits per heavy atom. The van der Waals surface area contributed by atoms with Crippen LogP contribution < -0.4 is 9.62 Å². The summed E-state index contributed by atoms with van der Waals surface area (Å²) in [6.45, 7) is 3.55. The fraction of sp³-hybridized carbons (Fsp3) is 0.321. The number of hydrogen-bond acceptors (Lipinski definition) is 4. The SMILES string of the molecule is C[C@@H](NS(=O)(=O)c1ccc(CCC(=O)N2CCN(c3cccc(C(F)(F)F)c3)CC2)cc1)c1ccccc1. The monoisotopic (exact) mass is 545 g/mol. The maximum atomic E-state index is 13.0. The van der Waals surface area contributed by atoms with Crippen LogP contribution in [0.4, 0.5) is 18.9 Å². The predicted molar refractivity (Wildman–Crippen MR) is 140 cm³/mol. The lowest BCUT2D eigenvalue weighted by atomic mass is 10.1. The number of rotatable bonds is 8. The maximum Gasteiger partial charge on any atom is 0.416 e. The summed E-state index contributed by atoms with van der Waals surface area (Å²) in [5.74, 6) is -0.0382. The highest BCUT2D eigenvalue weighted by molar-refractivity contribution is 7.89. The Kier molecular flexibility index (Phi) is 8.42. The first-order valence-corrected chi connectivity index (χ1v) is 13.9. The summed E-state index contributed by atoms with van der Waals surface area (Å²) in [5.41, 5.74) is 1.52. The van der Waals surface area contributed by atoms with Gasteiger partial charge in [-0.05, 0) is 54.8 Å². The summed E-state index contributed by atoms with van der Waals surface area (Å²) in [5, 5.41) is 0. The van der Waals surface area contributed by atoms with Crippen LogP contribution >= 0.6 is 0 Å². The van der Waals surface area contributed by atoms with Crippen molar-refractivity contribution in [1.29, 1.82) is 0 Å². The van der Waals surface area contributed by atoms with Crippen LogP contribution in [0.5, 0.6) is 0 Å². The van der Waals surface area contributed by atoms with E-state index in [0.717, 1.165) is 23.3 Å². The fourth-order valence-electron chi connectivity index (χ4n) is 4.45. The lowest BCUT2D eigenvalue weighted by Gasteiger charge is -2.36. The van der Waals surface area contributed by atoms with Gasteiger partial charge < -0.3 is 9.80 Å². The van der Waals surface area contributed by atoms with Gasteiger partial charge in [-0.1, -0.05) is 48.5 Å². The first-order valence-electron chi connectivity index (χ1n) is 12.4. The zero-order chi connectivity index (χ0) is 27.3. The summed E-state index contributed by atoms with van der Waals surface area (Å²) >= 11 is 0. The molecule has 3 aromatic rings. The van der Waals surface area contributed by atoms with Gasteiger partial charge in [-0.25, -0.2) is 13.1 Å². The van der Waals surface area contributed by atoms with Gasteiger partial charge >= 0.3 is 6.18 Å². The largest absolute Gasteiger partial charge is 0.416 e. The van der Waals surface area contributed by atoms with E-state index in [4.69, 9.17) is 0 Å². The van der Waals surface area contributed by atoms with Crippen molar-refractivity contribution in [3.05, 3.63) is 95.6 Å². The van der Waals surface area contributed by atoms with Crippen molar-refractivity contribution in [2.45, 2.75) is 36.9 Å². The number of aryl methyl sites for hydroxylation is 1. The third-order valence-corrected chi connectivity index (χ3v) is 8.22. The Morgan fingerprint density at radius 3 is 2.21 bits per heavy atom. The average Bonchev–Trinajstić information content (AvgIpc) is 2.92. The highest BCUT2D eigenvalue weighted by atomic mass is 32.2. The van der Waals surface area contributed by atoms with Gasteiger partial charge in [0.05, 0.1) is 10.5 Å². The van der Waals surface area contributed by atoms with Crippen molar-refractivity contribution in [2.24, 2.45) is 0 Å². The van der Waals surface area contributed by atoms with E-state index in [-0.39, 0.29) is 23.3 Å². The molecule has 6 nitrogen and oxygen atoms in total. The number of sulfonamides is 1. The van der Waals surface area contributed by atoms with Crippen molar-refractivity contribution in [3.63, 3.8) is 0 Å². The van der Waals surface area contributed by atoms with Crippen molar-refractivity contribution < 1.29 is 26.4 Å². The van der Waals surface area contributed by atoms with Gasteiger partial charge in [-0.15, -0.1) is 0 Å². The van der Waals surface area contributed by atoms with Crippen LogP contribution in [0, 0.1) is 0 Å². The summed E-state index contributed by atoms with van der Waals surface area (Å²) in [7, 11) is -3.70. The van der Waals surface area contributed by atoms with Gasteiger partial charge in [0.1, 0.15) is 0 Å². The third-order valence-electron chi connectivity index (χ3n) is 6.66. The number of halogens is 3. The molecule has 1 atom stereocenters. The van der Waals surface area contributed by atoms with E-state index in [1.807, 2.05) is 35.2 Å². The summed E-state index contributed by atoms with van der Waals surface area (Å²) in [6, 6.07) is 20.6. The first-order chi connectivity index (χ1) is 18.0. The Bertz CT molecular complexity index is 1340. The number of nitrogens with zero attached hydrogens (tertiary/aromatic N) is 2. The molecule has 1 N–H and O–H groups in total. The molecule has 0 bridgehead atoms. The second-order valence-electron chi connectivity index (χ2n) is 9.31. The number of benzene rings is 3. The molecule has 1 amide bonds. The second kappa shape index (κ2) is 11.6. The number of hydrogen-bond donors (Lipinski definition) is 1. The molecule has 0 unspecified atom stereocenters. The van der Waals surface area contributed by atoms with Gasteiger partial charge in [0.15, 0.2) is 0 Å². The Labute approximate surface area is 221 Å². The van der Waals surface area contributed by atoms with Crippen LogP contribution in [-0.2, 0) is 27.4 Å². The molecule has 3 aromatic carbocycles. The van der Waals surface area contributed by atoms with Gasteiger partial charge in [0.25, 0.3) is 0 Å². The fourth-order valence-corrected chi connectivity index (χ4v) is 5.68. The normalized spacial score (nSPS) is 15.4. The zero-order valence-corrected chi connectivity index (χ0v) is 21.8. The molecule has 1 aliphatic rings. The molecule has 1 fully saturated rings. The number of alkyl halides is 3. The van der Waals surface area contributed by atoms with E-state index in [2.05, 4.69) is 4.72 Å². The highest BCUT2D eigenvalue weighted by Crippen LogP contribution is 2.32. The van der Waals surface area contributed by atoms with E-state index < -0.39 is 21.8 Å². The number of piperazine rings is 1. The van der Waals surface area contributed by atoms with Crippen LogP contribution in [0.25, 0.3) is 0 Å². The molecule has 1 saturated heterocycles. The van der Waals surface area contributed by atoms with E-state index in [1.54, 1.807) is 30.0 Å². The van der Waals surface area contributed by atoms with Crippen molar-refractivity contribution in [1.82, 2.24) is 9.62 Å². The second-order valence-corrected chi connectivity index (χ2v) is 11.0. The molecular formula is C28H30F3N3O3S. The van der Waals surface area contributed by atoms with Crippen LogP contribution in [-0.4, -0.2) is 45.4 Å². The smallest absolute Gasteiger partial charge is 0.368 e. The predicted octanol–water partition coefficient (Wildman–Crippen LogP) is 5.03. The van der Waals surface area contributed by atoms with Gasteiger partial charge in [0, 0.05) is 44.3 Å². The number of nitrogens with one attached hydrogen (secondary N) is 1. The van der Waals surface area contributed by atoms with Crippen molar-refractivity contribution >= 4 is 21.6 Å². The number of carbonyl (C=O) groups excluding carboxylic acids is 1. The molecule has 10 heteroatoms. The van der Waals surface area contributed by atoms with E-state index in [9.17, 15) is 26.4 Å². The summed E-state index contributed by atoms with van der Waals surface area (Å²) < 4.78 is 67.3. The number of anilines is 1. The quantitative estimate of drug-likeness (QED) is 0.431. The minimum atomic E-state index is -4.40. The van der Waals surface area contributed by atoms with Crippen molar-refractivity contribution in [3.8, 4) is 0 Å². The molecular weight excluding hydrogens is 515 g/mol. The Balaban J connectivity index is 1.27. The highest BCUT2D eigenvalue weighted by Gasteiger charge is 2.31. The van der Waals surface area contributed by atoms with E-state index >= 15 is 0 Å². The molecule has 0 saturated carbocycles. The Hall–Kier alpha value is -3.37. The zero-order valence-electron chi connectivity index (χ0n) is 21.0. The molecule has 0 radical (unpaired) electrons. The Morgan fingerprint density at radius 2 is 1.58 bits per heavy atom.